The molecule has 19 heavy (non-hydrogen) atoms. The highest BCUT2D eigenvalue weighted by Crippen LogP contribution is 2.15. The third kappa shape index (κ3) is 2.68. The number of hydrogen-bond donors (Lipinski definition) is 1. The smallest absolute Gasteiger partial charge is 0.224 e. The molecular weight excluding hydrogens is 260 g/mol. The second-order valence-electron chi connectivity index (χ2n) is 4.89. The lowest BCUT2D eigenvalue weighted by molar-refractivity contribution is -0.121. The minimum atomic E-state index is 0.0950. The van der Waals surface area contributed by atoms with Crippen molar-refractivity contribution < 1.29 is 4.79 Å². The first-order valence-electron chi connectivity index (χ1n) is 6.41. The number of nitrogens with one attached hydrogen (secondary N) is 1. The van der Waals surface area contributed by atoms with Crippen LogP contribution in [0, 0.1) is 6.92 Å². The van der Waals surface area contributed by atoms with Crippen LogP contribution < -0.4 is 5.32 Å². The van der Waals surface area contributed by atoms with Gasteiger partial charge in [-0.05, 0) is 35.7 Å². The van der Waals surface area contributed by atoms with Gasteiger partial charge in [0.25, 0.3) is 0 Å². The predicted octanol–water partition coefficient (Wildman–Crippen LogP) is 1.32. The number of carbonyl (C=O) groups excluding carboxylic acids is 1. The highest BCUT2D eigenvalue weighted by molar-refractivity contribution is 7.07. The molecule has 5 nitrogen and oxygen atoms in total. The summed E-state index contributed by atoms with van der Waals surface area (Å²) in [5.41, 5.74) is 1.08. The summed E-state index contributed by atoms with van der Waals surface area (Å²) >= 11 is 1.62. The third-order valence-electron chi connectivity index (χ3n) is 3.44. The predicted molar refractivity (Wildman–Crippen MR) is 73.0 cm³/mol. The van der Waals surface area contributed by atoms with Gasteiger partial charge in [0, 0.05) is 19.0 Å². The average molecular weight is 276 g/mol. The van der Waals surface area contributed by atoms with Gasteiger partial charge in [0.05, 0.1) is 6.42 Å². The summed E-state index contributed by atoms with van der Waals surface area (Å²) in [4.78, 5) is 12.0. The van der Waals surface area contributed by atoms with Crippen molar-refractivity contribution in [1.82, 2.24) is 20.1 Å². The van der Waals surface area contributed by atoms with Gasteiger partial charge in [0.1, 0.15) is 11.6 Å². The topological polar surface area (TPSA) is 59.8 Å². The van der Waals surface area contributed by atoms with Crippen molar-refractivity contribution in [2.45, 2.75) is 38.8 Å². The Bertz CT molecular complexity index is 575. The van der Waals surface area contributed by atoms with Crippen molar-refractivity contribution in [2.24, 2.45) is 0 Å². The molecule has 1 aliphatic rings. The van der Waals surface area contributed by atoms with Crippen LogP contribution in [0.5, 0.6) is 0 Å². The van der Waals surface area contributed by atoms with E-state index in [-0.39, 0.29) is 11.9 Å². The van der Waals surface area contributed by atoms with E-state index in [0.29, 0.717) is 6.42 Å². The first kappa shape index (κ1) is 12.3. The number of hydrogen-bond acceptors (Lipinski definition) is 4. The molecule has 1 amide bonds. The number of amides is 1. The average Bonchev–Trinajstić information content (AvgIpc) is 3.00. The number of thiophene rings is 1. The first-order chi connectivity index (χ1) is 9.22. The Morgan fingerprint density at radius 2 is 2.47 bits per heavy atom. The van der Waals surface area contributed by atoms with Crippen LogP contribution in [0.3, 0.4) is 0 Å². The molecule has 0 fully saturated rings. The Balaban J connectivity index is 1.60. The molecule has 6 heteroatoms. The van der Waals surface area contributed by atoms with Gasteiger partial charge < -0.3 is 9.88 Å². The highest BCUT2D eigenvalue weighted by Gasteiger charge is 2.22. The molecule has 100 valence electrons. The van der Waals surface area contributed by atoms with Crippen LogP contribution >= 0.6 is 11.3 Å². The molecule has 0 spiro atoms. The van der Waals surface area contributed by atoms with E-state index >= 15 is 0 Å². The van der Waals surface area contributed by atoms with Crippen LogP contribution in [0.15, 0.2) is 16.8 Å². The molecule has 0 aromatic carbocycles. The third-order valence-corrected chi connectivity index (χ3v) is 4.17. The maximum absolute atomic E-state index is 12.0. The van der Waals surface area contributed by atoms with Gasteiger partial charge >= 0.3 is 0 Å². The number of carbonyl (C=O) groups is 1. The van der Waals surface area contributed by atoms with Crippen molar-refractivity contribution >= 4 is 17.2 Å². The molecule has 1 aliphatic heterocycles. The van der Waals surface area contributed by atoms with E-state index in [1.165, 1.54) is 0 Å². The van der Waals surface area contributed by atoms with E-state index in [1.807, 2.05) is 23.8 Å². The van der Waals surface area contributed by atoms with Gasteiger partial charge in [-0.3, -0.25) is 4.79 Å². The fourth-order valence-electron chi connectivity index (χ4n) is 2.44. The number of fused-ring (bicyclic) bond motifs is 1. The summed E-state index contributed by atoms with van der Waals surface area (Å²) in [6, 6.07) is 2.18. The van der Waals surface area contributed by atoms with Crippen LogP contribution in [-0.2, 0) is 24.2 Å². The maximum atomic E-state index is 12.0. The van der Waals surface area contributed by atoms with Gasteiger partial charge in [0.15, 0.2) is 0 Å². The van der Waals surface area contributed by atoms with Crippen molar-refractivity contribution in [3.05, 3.63) is 34.0 Å². The molecular formula is C13H16N4OS. The Kier molecular flexibility index (Phi) is 3.33. The second kappa shape index (κ2) is 5.13. The quantitative estimate of drug-likeness (QED) is 0.920. The summed E-state index contributed by atoms with van der Waals surface area (Å²) < 4.78 is 2.10. The summed E-state index contributed by atoms with van der Waals surface area (Å²) in [5.74, 6) is 2.05. The minimum Gasteiger partial charge on any atom is -0.351 e. The molecule has 0 saturated carbocycles. The van der Waals surface area contributed by atoms with Gasteiger partial charge in [-0.25, -0.2) is 0 Å². The van der Waals surface area contributed by atoms with Crippen LogP contribution in [0.2, 0.25) is 0 Å². The van der Waals surface area contributed by atoms with Crippen LogP contribution in [0.1, 0.15) is 23.6 Å². The van der Waals surface area contributed by atoms with Gasteiger partial charge in [-0.2, -0.15) is 11.3 Å². The standard InChI is InChI=1S/C13H16N4OS/c1-9-15-16-12-3-2-11(7-17(9)12)14-13(18)6-10-4-5-19-8-10/h4-5,8,11H,2-3,6-7H2,1H3,(H,14,18). The SMILES string of the molecule is Cc1nnc2n1CC(NC(=O)Cc1ccsc1)CC2. The van der Waals surface area contributed by atoms with Crippen molar-refractivity contribution in [2.75, 3.05) is 0 Å². The molecule has 2 aromatic rings. The molecule has 1 unspecified atom stereocenters. The lowest BCUT2D eigenvalue weighted by Crippen LogP contribution is -2.41. The van der Waals surface area contributed by atoms with Crippen molar-refractivity contribution in [1.29, 1.82) is 0 Å². The fraction of sp³-hybridized carbons (Fsp3) is 0.462. The largest absolute Gasteiger partial charge is 0.351 e. The molecule has 2 aromatic heterocycles. The van der Waals surface area contributed by atoms with E-state index in [2.05, 4.69) is 20.1 Å². The molecule has 3 rings (SSSR count). The van der Waals surface area contributed by atoms with E-state index in [9.17, 15) is 4.79 Å². The Morgan fingerprint density at radius 3 is 3.26 bits per heavy atom. The Labute approximate surface area is 115 Å². The summed E-state index contributed by atoms with van der Waals surface area (Å²) in [6.45, 7) is 2.73. The van der Waals surface area contributed by atoms with Gasteiger partial charge in [0.2, 0.25) is 5.91 Å². The molecule has 1 atom stereocenters. The molecule has 3 heterocycles. The fourth-order valence-corrected chi connectivity index (χ4v) is 3.11. The summed E-state index contributed by atoms with van der Waals surface area (Å²) in [7, 11) is 0. The second-order valence-corrected chi connectivity index (χ2v) is 5.67. The van der Waals surface area contributed by atoms with Gasteiger partial charge in [-0.15, -0.1) is 10.2 Å². The molecule has 0 bridgehead atoms. The minimum absolute atomic E-state index is 0.0950. The van der Waals surface area contributed by atoms with E-state index in [1.54, 1.807) is 11.3 Å². The Morgan fingerprint density at radius 1 is 1.58 bits per heavy atom. The van der Waals surface area contributed by atoms with E-state index < -0.39 is 0 Å². The number of aromatic nitrogens is 3. The zero-order valence-electron chi connectivity index (χ0n) is 10.8. The van der Waals surface area contributed by atoms with Crippen molar-refractivity contribution in [3.8, 4) is 0 Å². The van der Waals surface area contributed by atoms with E-state index in [4.69, 9.17) is 0 Å². The van der Waals surface area contributed by atoms with Crippen LogP contribution in [-0.4, -0.2) is 26.7 Å². The lowest BCUT2D eigenvalue weighted by atomic mass is 10.1. The zero-order chi connectivity index (χ0) is 13.2. The van der Waals surface area contributed by atoms with Crippen molar-refractivity contribution in [3.63, 3.8) is 0 Å². The number of aryl methyl sites for hydroxylation is 2. The maximum Gasteiger partial charge on any atom is 0.224 e. The lowest BCUT2D eigenvalue weighted by Gasteiger charge is -2.24. The number of nitrogens with zero attached hydrogens (tertiary/aromatic N) is 3. The summed E-state index contributed by atoms with van der Waals surface area (Å²) in [6.07, 6.45) is 2.28. The number of rotatable bonds is 3. The molecule has 1 N–H and O–H groups in total. The normalized spacial score (nSPS) is 18.1. The van der Waals surface area contributed by atoms with Crippen LogP contribution in [0.25, 0.3) is 0 Å². The zero-order valence-corrected chi connectivity index (χ0v) is 11.6. The monoisotopic (exact) mass is 276 g/mol. The van der Waals surface area contributed by atoms with E-state index in [0.717, 1.165) is 36.6 Å². The molecule has 0 aliphatic carbocycles. The van der Waals surface area contributed by atoms with Crippen LogP contribution in [0.4, 0.5) is 0 Å². The van der Waals surface area contributed by atoms with Gasteiger partial charge in [-0.1, -0.05) is 0 Å². The summed E-state index contributed by atoms with van der Waals surface area (Å²) in [5, 5.41) is 15.3. The molecule has 0 radical (unpaired) electrons. The Hall–Kier alpha value is -1.69. The first-order valence-corrected chi connectivity index (χ1v) is 7.36. The molecule has 0 saturated heterocycles. The highest BCUT2D eigenvalue weighted by atomic mass is 32.1.